The summed E-state index contributed by atoms with van der Waals surface area (Å²) in [5.74, 6) is 1.69. The number of nitrogens with zero attached hydrogens (tertiary/aromatic N) is 4. The first kappa shape index (κ1) is 15.8. The number of aromatic nitrogens is 1. The van der Waals surface area contributed by atoms with Crippen molar-refractivity contribution in [3.05, 3.63) is 23.9 Å². The molecule has 4 rings (SSSR count). The first-order valence-corrected chi connectivity index (χ1v) is 8.90. The molecule has 130 valence electrons. The van der Waals surface area contributed by atoms with Gasteiger partial charge in [0, 0.05) is 39.8 Å². The highest BCUT2D eigenvalue weighted by Gasteiger charge is 2.43. The topological polar surface area (TPSA) is 48.9 Å². The van der Waals surface area contributed by atoms with Crippen molar-refractivity contribution in [2.24, 2.45) is 5.92 Å². The van der Waals surface area contributed by atoms with E-state index in [4.69, 9.17) is 4.74 Å². The van der Waals surface area contributed by atoms with Gasteiger partial charge in [-0.05, 0) is 30.9 Å². The zero-order valence-electron chi connectivity index (χ0n) is 14.5. The summed E-state index contributed by atoms with van der Waals surface area (Å²) in [5, 5.41) is 0. The van der Waals surface area contributed by atoms with E-state index in [9.17, 15) is 4.79 Å². The number of hydrogen-bond donors (Lipinski definition) is 0. The Morgan fingerprint density at radius 1 is 1.25 bits per heavy atom. The molecular formula is C18H26N4O2. The number of hydrogen-bond acceptors (Lipinski definition) is 5. The second-order valence-electron chi connectivity index (χ2n) is 7.36. The second-order valence-corrected chi connectivity index (χ2v) is 7.36. The lowest BCUT2D eigenvalue weighted by molar-refractivity contribution is -0.0603. The summed E-state index contributed by atoms with van der Waals surface area (Å²) < 4.78 is 5.88. The Bertz CT molecular complexity index is 617. The first-order valence-electron chi connectivity index (χ1n) is 8.90. The first-order chi connectivity index (χ1) is 11.6. The van der Waals surface area contributed by atoms with Crippen LogP contribution < -0.4 is 4.90 Å². The van der Waals surface area contributed by atoms with Crippen LogP contribution in [0.15, 0.2) is 18.2 Å². The lowest BCUT2D eigenvalue weighted by Gasteiger charge is -2.48. The normalized spacial score (nSPS) is 27.7. The standard InChI is InChI=1S/C18H26N4O2/c1-20(2)18(23)15-4-3-5-17(19-15)21-8-9-22-14(10-21)11-24-12-16(22)13-6-7-13/h3-5,13-14,16H,6-12H2,1-2H3/t14-,16-/m1/s1. The third kappa shape index (κ3) is 3.00. The number of ether oxygens (including phenoxy) is 1. The summed E-state index contributed by atoms with van der Waals surface area (Å²) >= 11 is 0. The number of piperazine rings is 1. The van der Waals surface area contributed by atoms with E-state index in [1.54, 1.807) is 25.1 Å². The van der Waals surface area contributed by atoms with E-state index in [1.165, 1.54) is 12.8 Å². The highest BCUT2D eigenvalue weighted by molar-refractivity contribution is 5.92. The van der Waals surface area contributed by atoms with E-state index in [-0.39, 0.29) is 5.91 Å². The summed E-state index contributed by atoms with van der Waals surface area (Å²) in [7, 11) is 3.51. The second kappa shape index (κ2) is 6.33. The number of morpholine rings is 1. The van der Waals surface area contributed by atoms with Gasteiger partial charge in [-0.15, -0.1) is 0 Å². The number of carbonyl (C=O) groups is 1. The van der Waals surface area contributed by atoms with Crippen molar-refractivity contribution in [3.63, 3.8) is 0 Å². The smallest absolute Gasteiger partial charge is 0.272 e. The van der Waals surface area contributed by atoms with Gasteiger partial charge in [0.2, 0.25) is 0 Å². The van der Waals surface area contributed by atoms with Crippen LogP contribution in [0.3, 0.4) is 0 Å². The van der Waals surface area contributed by atoms with Gasteiger partial charge in [-0.1, -0.05) is 6.07 Å². The van der Waals surface area contributed by atoms with Crippen molar-refractivity contribution in [1.82, 2.24) is 14.8 Å². The minimum atomic E-state index is -0.0507. The summed E-state index contributed by atoms with van der Waals surface area (Å²) in [4.78, 5) is 23.3. The van der Waals surface area contributed by atoms with Crippen LogP contribution in [0.5, 0.6) is 0 Å². The van der Waals surface area contributed by atoms with Crippen LogP contribution in [0, 0.1) is 5.92 Å². The number of amides is 1. The van der Waals surface area contributed by atoms with Gasteiger partial charge in [0.15, 0.2) is 0 Å². The predicted octanol–water partition coefficient (Wildman–Crippen LogP) is 1.08. The van der Waals surface area contributed by atoms with Gasteiger partial charge in [-0.25, -0.2) is 4.98 Å². The van der Waals surface area contributed by atoms with Crippen LogP contribution in [0.25, 0.3) is 0 Å². The Kier molecular flexibility index (Phi) is 4.18. The molecule has 2 saturated heterocycles. The third-order valence-electron chi connectivity index (χ3n) is 5.40. The lowest BCUT2D eigenvalue weighted by atomic mass is 10.0. The molecule has 6 heteroatoms. The minimum Gasteiger partial charge on any atom is -0.378 e. The maximum atomic E-state index is 12.1. The van der Waals surface area contributed by atoms with Gasteiger partial charge in [0.05, 0.1) is 19.3 Å². The zero-order chi connectivity index (χ0) is 16.7. The molecule has 3 aliphatic rings. The third-order valence-corrected chi connectivity index (χ3v) is 5.40. The summed E-state index contributed by atoms with van der Waals surface area (Å²) in [6.07, 6.45) is 2.72. The average molecular weight is 330 g/mol. The highest BCUT2D eigenvalue weighted by atomic mass is 16.5. The number of anilines is 1. The average Bonchev–Trinajstić information content (AvgIpc) is 3.45. The lowest BCUT2D eigenvalue weighted by Crippen LogP contribution is -2.62. The molecule has 1 aromatic heterocycles. The van der Waals surface area contributed by atoms with Crippen LogP contribution >= 0.6 is 0 Å². The van der Waals surface area contributed by atoms with Crippen molar-refractivity contribution in [3.8, 4) is 0 Å². The molecule has 1 saturated carbocycles. The summed E-state index contributed by atoms with van der Waals surface area (Å²) in [6, 6.07) is 6.77. The van der Waals surface area contributed by atoms with E-state index in [1.807, 2.05) is 12.1 Å². The molecule has 6 nitrogen and oxygen atoms in total. The molecule has 0 aromatic carbocycles. The Morgan fingerprint density at radius 3 is 2.83 bits per heavy atom. The Morgan fingerprint density at radius 2 is 2.08 bits per heavy atom. The minimum absolute atomic E-state index is 0.0507. The number of carbonyl (C=O) groups excluding carboxylic acids is 1. The number of pyridine rings is 1. The predicted molar refractivity (Wildman–Crippen MR) is 92.3 cm³/mol. The van der Waals surface area contributed by atoms with E-state index < -0.39 is 0 Å². The Labute approximate surface area is 143 Å². The van der Waals surface area contributed by atoms with E-state index in [0.717, 1.165) is 44.6 Å². The molecule has 2 aliphatic heterocycles. The Balaban J connectivity index is 1.48. The molecule has 3 heterocycles. The summed E-state index contributed by atoms with van der Waals surface area (Å²) in [6.45, 7) is 4.65. The van der Waals surface area contributed by atoms with Gasteiger partial charge in [0.25, 0.3) is 5.91 Å². The molecule has 1 aliphatic carbocycles. The van der Waals surface area contributed by atoms with Crippen molar-refractivity contribution in [2.45, 2.75) is 24.9 Å². The molecule has 0 N–H and O–H groups in total. The molecule has 0 spiro atoms. The van der Waals surface area contributed by atoms with Gasteiger partial charge in [-0.3, -0.25) is 9.69 Å². The molecular weight excluding hydrogens is 304 g/mol. The van der Waals surface area contributed by atoms with Crippen LogP contribution in [0.4, 0.5) is 5.82 Å². The monoisotopic (exact) mass is 330 g/mol. The zero-order valence-corrected chi connectivity index (χ0v) is 14.5. The van der Waals surface area contributed by atoms with Crippen LogP contribution in [0.1, 0.15) is 23.3 Å². The molecule has 0 bridgehead atoms. The fraction of sp³-hybridized carbons (Fsp3) is 0.667. The SMILES string of the molecule is CN(C)C(=O)c1cccc(N2CCN3[C@@H](COC[C@@H]3C3CC3)C2)n1. The van der Waals surface area contributed by atoms with E-state index in [2.05, 4.69) is 14.8 Å². The maximum absolute atomic E-state index is 12.1. The molecule has 0 radical (unpaired) electrons. The number of fused-ring (bicyclic) bond motifs is 1. The molecule has 1 aromatic rings. The summed E-state index contributed by atoms with van der Waals surface area (Å²) in [5.41, 5.74) is 0.510. The molecule has 3 fully saturated rings. The van der Waals surface area contributed by atoms with Crippen LogP contribution in [-0.4, -0.2) is 79.7 Å². The molecule has 24 heavy (non-hydrogen) atoms. The van der Waals surface area contributed by atoms with Crippen LogP contribution in [0.2, 0.25) is 0 Å². The molecule has 0 unspecified atom stereocenters. The van der Waals surface area contributed by atoms with Gasteiger partial charge in [-0.2, -0.15) is 0 Å². The largest absolute Gasteiger partial charge is 0.378 e. The van der Waals surface area contributed by atoms with Crippen LogP contribution in [-0.2, 0) is 4.74 Å². The number of rotatable bonds is 3. The Hall–Kier alpha value is -1.66. The quantitative estimate of drug-likeness (QED) is 0.830. The maximum Gasteiger partial charge on any atom is 0.272 e. The van der Waals surface area contributed by atoms with E-state index in [0.29, 0.717) is 17.8 Å². The highest BCUT2D eigenvalue weighted by Crippen LogP contribution is 2.38. The molecule has 1 amide bonds. The fourth-order valence-corrected chi connectivity index (χ4v) is 3.92. The van der Waals surface area contributed by atoms with Crippen molar-refractivity contribution < 1.29 is 9.53 Å². The van der Waals surface area contributed by atoms with Crippen molar-refractivity contribution in [1.29, 1.82) is 0 Å². The van der Waals surface area contributed by atoms with Gasteiger partial charge < -0.3 is 14.5 Å². The fourth-order valence-electron chi connectivity index (χ4n) is 3.92. The molecule has 2 atom stereocenters. The van der Waals surface area contributed by atoms with Gasteiger partial charge in [0.1, 0.15) is 11.5 Å². The van der Waals surface area contributed by atoms with Gasteiger partial charge >= 0.3 is 0 Å². The van der Waals surface area contributed by atoms with Crippen molar-refractivity contribution in [2.75, 3.05) is 51.8 Å². The van der Waals surface area contributed by atoms with Crippen molar-refractivity contribution >= 4 is 11.7 Å². The van der Waals surface area contributed by atoms with E-state index >= 15 is 0 Å².